The lowest BCUT2D eigenvalue weighted by molar-refractivity contribution is -0.145. The minimum atomic E-state index is -0.534. The molecule has 1 N–H and O–H groups in total. The Balaban J connectivity index is 1.44. The third kappa shape index (κ3) is 4.10. The van der Waals surface area contributed by atoms with Gasteiger partial charge in [-0.15, -0.1) is 0 Å². The smallest absolute Gasteiger partial charge is 0.320 e. The van der Waals surface area contributed by atoms with Gasteiger partial charge < -0.3 is 14.5 Å². The van der Waals surface area contributed by atoms with Gasteiger partial charge in [0.25, 0.3) is 0 Å². The second kappa shape index (κ2) is 8.21. The van der Waals surface area contributed by atoms with Gasteiger partial charge in [0.15, 0.2) is 0 Å². The van der Waals surface area contributed by atoms with Crippen LogP contribution in [-0.2, 0) is 26.3 Å². The van der Waals surface area contributed by atoms with E-state index in [0.717, 1.165) is 27.7 Å². The van der Waals surface area contributed by atoms with Crippen molar-refractivity contribution in [2.24, 2.45) is 4.99 Å². The summed E-state index contributed by atoms with van der Waals surface area (Å²) in [5.74, 6) is -0.837. The van der Waals surface area contributed by atoms with Gasteiger partial charge in [0.1, 0.15) is 12.5 Å². The van der Waals surface area contributed by atoms with E-state index in [9.17, 15) is 4.79 Å². The highest BCUT2D eigenvalue weighted by Crippen LogP contribution is 2.38. The normalized spacial score (nSPS) is 17.7. The van der Waals surface area contributed by atoms with Crippen molar-refractivity contribution >= 4 is 23.1 Å². The van der Waals surface area contributed by atoms with Gasteiger partial charge >= 0.3 is 5.97 Å². The van der Waals surface area contributed by atoms with Gasteiger partial charge in [0.2, 0.25) is 0 Å². The van der Waals surface area contributed by atoms with Crippen molar-refractivity contribution in [3.05, 3.63) is 71.4 Å². The molecular formula is C24H26N2O3. The van der Waals surface area contributed by atoms with Crippen molar-refractivity contribution in [1.82, 2.24) is 4.98 Å². The molecule has 0 bridgehead atoms. The van der Waals surface area contributed by atoms with E-state index in [0.29, 0.717) is 19.8 Å². The van der Waals surface area contributed by atoms with Gasteiger partial charge in [-0.3, -0.25) is 9.79 Å². The minimum absolute atomic E-state index is 0.167. The second-order valence-corrected chi connectivity index (χ2v) is 8.02. The lowest BCUT2D eigenvalue weighted by atomic mass is 9.81. The maximum atomic E-state index is 12.8. The largest absolute Gasteiger partial charge is 0.462 e. The molecule has 2 aromatic carbocycles. The molecule has 0 amide bonds. The number of nitrogens with zero attached hydrogens (tertiary/aromatic N) is 1. The summed E-state index contributed by atoms with van der Waals surface area (Å²) < 4.78 is 11.1. The number of para-hydroxylation sites is 1. The van der Waals surface area contributed by atoms with E-state index in [2.05, 4.69) is 29.9 Å². The maximum Gasteiger partial charge on any atom is 0.320 e. The highest BCUT2D eigenvalue weighted by Gasteiger charge is 2.35. The fraction of sp³-hybridized carbons (Fsp3) is 0.333. The lowest BCUT2D eigenvalue weighted by Crippen LogP contribution is -2.23. The molecule has 1 aliphatic rings. The number of carbonyl (C=O) groups is 1. The van der Waals surface area contributed by atoms with E-state index in [1.807, 2.05) is 48.5 Å². The van der Waals surface area contributed by atoms with Crippen LogP contribution in [0.4, 0.5) is 0 Å². The Morgan fingerprint density at radius 1 is 1.10 bits per heavy atom. The van der Waals surface area contributed by atoms with Crippen molar-refractivity contribution in [2.45, 2.75) is 31.8 Å². The predicted octanol–water partition coefficient (Wildman–Crippen LogP) is 4.37. The van der Waals surface area contributed by atoms with Crippen LogP contribution in [0.2, 0.25) is 0 Å². The molecule has 1 aromatic heterocycles. The predicted molar refractivity (Wildman–Crippen MR) is 114 cm³/mol. The summed E-state index contributed by atoms with van der Waals surface area (Å²) in [6, 6.07) is 18.1. The zero-order chi connectivity index (χ0) is 20.3. The summed E-state index contributed by atoms with van der Waals surface area (Å²) in [4.78, 5) is 20.8. The molecule has 1 unspecified atom stereocenters. The van der Waals surface area contributed by atoms with Gasteiger partial charge in [-0.25, -0.2) is 0 Å². The summed E-state index contributed by atoms with van der Waals surface area (Å²) in [5, 5.41) is 1.14. The number of fused-ring (bicyclic) bond motifs is 3. The zero-order valence-electron chi connectivity index (χ0n) is 16.9. The third-order valence-electron chi connectivity index (χ3n) is 5.30. The highest BCUT2D eigenvalue weighted by molar-refractivity contribution is 5.99. The van der Waals surface area contributed by atoms with Crippen molar-refractivity contribution in [2.75, 3.05) is 19.8 Å². The molecule has 3 aromatic rings. The Labute approximate surface area is 170 Å². The number of H-pyrrole nitrogens is 1. The van der Waals surface area contributed by atoms with E-state index in [1.54, 1.807) is 6.21 Å². The molecule has 0 saturated heterocycles. The summed E-state index contributed by atoms with van der Waals surface area (Å²) in [6.07, 6.45) is 1.72. The summed E-state index contributed by atoms with van der Waals surface area (Å²) in [7, 11) is 0. The van der Waals surface area contributed by atoms with Crippen LogP contribution in [0, 0.1) is 0 Å². The third-order valence-corrected chi connectivity index (χ3v) is 5.30. The molecule has 1 aliphatic heterocycles. The summed E-state index contributed by atoms with van der Waals surface area (Å²) in [5.41, 5.74) is 3.99. The minimum Gasteiger partial charge on any atom is -0.462 e. The molecule has 5 nitrogen and oxygen atoms in total. The van der Waals surface area contributed by atoms with Gasteiger partial charge in [-0.05, 0) is 17.2 Å². The molecule has 0 fully saturated rings. The fourth-order valence-electron chi connectivity index (χ4n) is 3.90. The van der Waals surface area contributed by atoms with Crippen molar-refractivity contribution in [3.63, 3.8) is 0 Å². The fourth-order valence-corrected chi connectivity index (χ4v) is 3.90. The van der Waals surface area contributed by atoms with Crippen LogP contribution < -0.4 is 0 Å². The highest BCUT2D eigenvalue weighted by atomic mass is 16.6. The average molecular weight is 390 g/mol. The number of nitrogens with one attached hydrogen (secondary N) is 1. The van der Waals surface area contributed by atoms with Crippen LogP contribution in [0.25, 0.3) is 10.9 Å². The number of aliphatic imine (C=N–C) groups is 1. The molecule has 29 heavy (non-hydrogen) atoms. The standard InChI is InChI=1S/C24H26N2O3/c1-24(2)16-25-14-19(22-21(24)18-10-6-7-11-20(18)26-22)23(27)29-13-12-28-15-17-8-4-3-5-9-17/h3-11,14,19,26H,12-13,15-16H2,1-2H3. The summed E-state index contributed by atoms with van der Waals surface area (Å²) >= 11 is 0. The Kier molecular flexibility index (Phi) is 5.49. The number of aromatic amines is 1. The van der Waals surface area contributed by atoms with Crippen molar-refractivity contribution in [3.8, 4) is 0 Å². The summed E-state index contributed by atoms with van der Waals surface area (Å²) in [6.45, 7) is 6.03. The van der Waals surface area contributed by atoms with Crippen LogP contribution in [0.1, 0.15) is 36.6 Å². The number of ether oxygens (including phenoxy) is 2. The van der Waals surface area contributed by atoms with Gasteiger partial charge in [0.05, 0.1) is 13.2 Å². The van der Waals surface area contributed by atoms with Crippen LogP contribution in [0.3, 0.4) is 0 Å². The monoisotopic (exact) mass is 390 g/mol. The Hall–Kier alpha value is -2.92. The molecule has 0 radical (unpaired) electrons. The first-order valence-corrected chi connectivity index (χ1v) is 9.95. The first kappa shape index (κ1) is 19.4. The molecule has 2 heterocycles. The van der Waals surface area contributed by atoms with Crippen LogP contribution in [0.15, 0.2) is 59.6 Å². The van der Waals surface area contributed by atoms with E-state index in [-0.39, 0.29) is 18.0 Å². The molecular weight excluding hydrogens is 364 g/mol. The van der Waals surface area contributed by atoms with E-state index < -0.39 is 5.92 Å². The molecule has 5 heteroatoms. The lowest BCUT2D eigenvalue weighted by Gasteiger charge is -2.23. The van der Waals surface area contributed by atoms with E-state index in [4.69, 9.17) is 9.47 Å². The number of rotatable bonds is 6. The van der Waals surface area contributed by atoms with Crippen LogP contribution in [0.5, 0.6) is 0 Å². The topological polar surface area (TPSA) is 63.7 Å². The SMILES string of the molecule is CC1(C)CN=CC(C(=O)OCCOCc2ccccc2)c2[nH]c3ccccc3c21. The quantitative estimate of drug-likeness (QED) is 0.502. The van der Waals surface area contributed by atoms with Gasteiger partial charge in [-0.2, -0.15) is 0 Å². The Morgan fingerprint density at radius 3 is 2.69 bits per heavy atom. The maximum absolute atomic E-state index is 12.8. The molecule has 1 atom stereocenters. The number of aromatic nitrogens is 1. The Morgan fingerprint density at radius 2 is 1.86 bits per heavy atom. The van der Waals surface area contributed by atoms with E-state index in [1.165, 1.54) is 0 Å². The number of benzene rings is 2. The zero-order valence-corrected chi connectivity index (χ0v) is 16.9. The molecule has 0 saturated carbocycles. The van der Waals surface area contributed by atoms with Crippen LogP contribution >= 0.6 is 0 Å². The van der Waals surface area contributed by atoms with E-state index >= 15 is 0 Å². The van der Waals surface area contributed by atoms with Gasteiger partial charge in [0, 0.05) is 34.8 Å². The first-order valence-electron chi connectivity index (χ1n) is 9.95. The molecule has 4 rings (SSSR count). The first-order chi connectivity index (χ1) is 14.1. The average Bonchev–Trinajstić information content (AvgIpc) is 3.05. The molecule has 0 aliphatic carbocycles. The number of carbonyl (C=O) groups excluding carboxylic acids is 1. The van der Waals surface area contributed by atoms with Crippen LogP contribution in [-0.4, -0.2) is 36.9 Å². The number of esters is 1. The second-order valence-electron chi connectivity index (χ2n) is 8.02. The molecule has 0 spiro atoms. The van der Waals surface area contributed by atoms with Crippen molar-refractivity contribution < 1.29 is 14.3 Å². The molecule has 150 valence electrons. The van der Waals surface area contributed by atoms with Gasteiger partial charge in [-0.1, -0.05) is 62.4 Å². The Bertz CT molecular complexity index is 1020. The number of hydrogen-bond donors (Lipinski definition) is 1. The van der Waals surface area contributed by atoms with Crippen molar-refractivity contribution in [1.29, 1.82) is 0 Å². The number of hydrogen-bond acceptors (Lipinski definition) is 4.